The van der Waals surface area contributed by atoms with Gasteiger partial charge in [-0.1, -0.05) is 20.8 Å². The highest BCUT2D eigenvalue weighted by Gasteiger charge is 2.20. The Morgan fingerprint density at radius 2 is 1.94 bits per heavy atom. The fraction of sp³-hybridized carbons (Fsp3) is 0.923. The maximum absolute atomic E-state index is 11.9. The maximum atomic E-state index is 11.9. The first-order chi connectivity index (χ1) is 7.65. The number of nitrogens with two attached hydrogens (primary N) is 1. The van der Waals surface area contributed by atoms with Crippen molar-refractivity contribution in [2.75, 3.05) is 20.7 Å². The highest BCUT2D eigenvalue weighted by Crippen LogP contribution is 2.21. The SMILES string of the molecule is COC(C)CN(C)C(=O)CC(N)CC(C)(C)C. The molecule has 2 atom stereocenters. The van der Waals surface area contributed by atoms with Crippen molar-refractivity contribution in [2.24, 2.45) is 11.1 Å². The summed E-state index contributed by atoms with van der Waals surface area (Å²) in [5.74, 6) is 0.0886. The molecule has 0 aliphatic heterocycles. The fourth-order valence-corrected chi connectivity index (χ4v) is 1.80. The largest absolute Gasteiger partial charge is 0.380 e. The average molecular weight is 244 g/mol. The predicted molar refractivity (Wildman–Crippen MR) is 70.8 cm³/mol. The lowest BCUT2D eigenvalue weighted by molar-refractivity contribution is -0.131. The van der Waals surface area contributed by atoms with Crippen LogP contribution in [0.5, 0.6) is 0 Å². The van der Waals surface area contributed by atoms with Crippen LogP contribution in [0.2, 0.25) is 0 Å². The number of carbonyl (C=O) groups excluding carboxylic acids is 1. The van der Waals surface area contributed by atoms with Gasteiger partial charge in [0.1, 0.15) is 0 Å². The number of ether oxygens (including phenoxy) is 1. The highest BCUT2D eigenvalue weighted by atomic mass is 16.5. The molecule has 0 aliphatic rings. The summed E-state index contributed by atoms with van der Waals surface area (Å²) in [5, 5.41) is 0. The Balaban J connectivity index is 4.07. The number of amides is 1. The van der Waals surface area contributed by atoms with E-state index in [9.17, 15) is 4.79 Å². The molecule has 0 aromatic rings. The van der Waals surface area contributed by atoms with E-state index in [2.05, 4.69) is 20.8 Å². The van der Waals surface area contributed by atoms with E-state index >= 15 is 0 Å². The molecule has 0 bridgehead atoms. The molecule has 0 aromatic carbocycles. The molecule has 0 fully saturated rings. The first kappa shape index (κ1) is 16.4. The van der Waals surface area contributed by atoms with E-state index in [1.54, 1.807) is 19.1 Å². The summed E-state index contributed by atoms with van der Waals surface area (Å²) in [4.78, 5) is 13.6. The summed E-state index contributed by atoms with van der Waals surface area (Å²) in [6.45, 7) is 8.95. The molecular formula is C13H28N2O2. The van der Waals surface area contributed by atoms with Crippen LogP contribution in [0.3, 0.4) is 0 Å². The van der Waals surface area contributed by atoms with Gasteiger partial charge in [-0.2, -0.15) is 0 Å². The van der Waals surface area contributed by atoms with Crippen LogP contribution >= 0.6 is 0 Å². The van der Waals surface area contributed by atoms with Gasteiger partial charge in [0.15, 0.2) is 0 Å². The monoisotopic (exact) mass is 244 g/mol. The summed E-state index contributed by atoms with van der Waals surface area (Å²) in [6, 6.07) is -0.0669. The summed E-state index contributed by atoms with van der Waals surface area (Å²) in [6.07, 6.45) is 1.32. The summed E-state index contributed by atoms with van der Waals surface area (Å²) in [5.41, 5.74) is 6.15. The van der Waals surface area contributed by atoms with Gasteiger partial charge < -0.3 is 15.4 Å². The Hall–Kier alpha value is -0.610. The third kappa shape index (κ3) is 8.16. The van der Waals surface area contributed by atoms with E-state index in [1.165, 1.54) is 0 Å². The van der Waals surface area contributed by atoms with E-state index in [0.29, 0.717) is 13.0 Å². The molecule has 4 nitrogen and oxygen atoms in total. The number of carbonyl (C=O) groups is 1. The summed E-state index contributed by atoms with van der Waals surface area (Å²) < 4.78 is 5.13. The van der Waals surface area contributed by atoms with Crippen LogP contribution in [-0.2, 0) is 9.53 Å². The number of hydrogen-bond acceptors (Lipinski definition) is 3. The van der Waals surface area contributed by atoms with Crippen LogP contribution in [-0.4, -0.2) is 43.7 Å². The Morgan fingerprint density at radius 3 is 2.35 bits per heavy atom. The Bertz CT molecular complexity index is 236. The van der Waals surface area contributed by atoms with Gasteiger partial charge in [-0.3, -0.25) is 4.79 Å². The second-order valence-electron chi connectivity index (χ2n) is 6.05. The van der Waals surface area contributed by atoms with Crippen LogP contribution in [0.4, 0.5) is 0 Å². The minimum Gasteiger partial charge on any atom is -0.380 e. The Kier molecular flexibility index (Phi) is 6.72. The molecular weight excluding hydrogens is 216 g/mol. The molecule has 17 heavy (non-hydrogen) atoms. The van der Waals surface area contributed by atoms with E-state index in [4.69, 9.17) is 10.5 Å². The molecule has 0 saturated carbocycles. The van der Waals surface area contributed by atoms with Gasteiger partial charge >= 0.3 is 0 Å². The van der Waals surface area contributed by atoms with Crippen molar-refractivity contribution in [1.82, 2.24) is 4.90 Å². The molecule has 0 aliphatic carbocycles. The van der Waals surface area contributed by atoms with Crippen molar-refractivity contribution in [1.29, 1.82) is 0 Å². The number of likely N-dealkylation sites (N-methyl/N-ethyl adjacent to an activating group) is 1. The van der Waals surface area contributed by atoms with Gasteiger partial charge in [-0.05, 0) is 18.8 Å². The average Bonchev–Trinajstić information content (AvgIpc) is 2.14. The molecule has 0 saturated heterocycles. The first-order valence-electron chi connectivity index (χ1n) is 6.18. The van der Waals surface area contributed by atoms with Crippen LogP contribution in [0.1, 0.15) is 40.5 Å². The van der Waals surface area contributed by atoms with Crippen LogP contribution in [0.15, 0.2) is 0 Å². The third-order valence-corrected chi connectivity index (χ3v) is 2.67. The minimum absolute atomic E-state index is 0.0581. The first-order valence-corrected chi connectivity index (χ1v) is 6.18. The van der Waals surface area contributed by atoms with Crippen molar-refractivity contribution < 1.29 is 9.53 Å². The Morgan fingerprint density at radius 1 is 1.41 bits per heavy atom. The molecule has 0 spiro atoms. The molecule has 2 unspecified atom stereocenters. The topological polar surface area (TPSA) is 55.6 Å². The molecule has 2 N–H and O–H groups in total. The van der Waals surface area contributed by atoms with Gasteiger partial charge in [0.2, 0.25) is 5.91 Å². The van der Waals surface area contributed by atoms with Crippen molar-refractivity contribution in [2.45, 2.75) is 52.7 Å². The van der Waals surface area contributed by atoms with E-state index < -0.39 is 0 Å². The molecule has 4 heteroatoms. The quantitative estimate of drug-likeness (QED) is 0.772. The predicted octanol–water partition coefficient (Wildman–Crippen LogP) is 1.63. The lowest BCUT2D eigenvalue weighted by Crippen LogP contribution is -2.38. The van der Waals surface area contributed by atoms with Crippen molar-refractivity contribution in [3.63, 3.8) is 0 Å². The second kappa shape index (κ2) is 6.97. The minimum atomic E-state index is -0.0669. The van der Waals surface area contributed by atoms with Gasteiger partial charge in [-0.15, -0.1) is 0 Å². The number of hydrogen-bond donors (Lipinski definition) is 1. The number of rotatable bonds is 6. The zero-order valence-electron chi connectivity index (χ0n) is 12.1. The van der Waals surface area contributed by atoms with Crippen molar-refractivity contribution in [3.05, 3.63) is 0 Å². The van der Waals surface area contributed by atoms with E-state index in [1.807, 2.05) is 6.92 Å². The van der Waals surface area contributed by atoms with E-state index in [0.717, 1.165) is 6.42 Å². The molecule has 102 valence electrons. The lowest BCUT2D eigenvalue weighted by atomic mass is 9.87. The molecule has 0 rings (SSSR count). The second-order valence-corrected chi connectivity index (χ2v) is 6.05. The van der Waals surface area contributed by atoms with Gasteiger partial charge in [0.05, 0.1) is 6.10 Å². The number of methoxy groups -OCH3 is 1. The fourth-order valence-electron chi connectivity index (χ4n) is 1.80. The third-order valence-electron chi connectivity index (χ3n) is 2.67. The normalized spacial score (nSPS) is 15.5. The van der Waals surface area contributed by atoms with Gasteiger partial charge in [0.25, 0.3) is 0 Å². The van der Waals surface area contributed by atoms with Crippen LogP contribution in [0, 0.1) is 5.41 Å². The molecule has 0 heterocycles. The lowest BCUT2D eigenvalue weighted by Gasteiger charge is -2.25. The highest BCUT2D eigenvalue weighted by molar-refractivity contribution is 5.76. The summed E-state index contributed by atoms with van der Waals surface area (Å²) >= 11 is 0. The maximum Gasteiger partial charge on any atom is 0.223 e. The van der Waals surface area contributed by atoms with E-state index in [-0.39, 0.29) is 23.5 Å². The van der Waals surface area contributed by atoms with Crippen molar-refractivity contribution >= 4 is 5.91 Å². The molecule has 0 aromatic heterocycles. The van der Waals surface area contributed by atoms with Gasteiger partial charge in [-0.25, -0.2) is 0 Å². The summed E-state index contributed by atoms with van der Waals surface area (Å²) in [7, 11) is 3.44. The Labute approximate surface area is 105 Å². The van der Waals surface area contributed by atoms with Crippen LogP contribution < -0.4 is 5.73 Å². The molecule has 0 radical (unpaired) electrons. The smallest absolute Gasteiger partial charge is 0.223 e. The standard InChI is InChI=1S/C13H28N2O2/c1-10(17-6)9-15(5)12(16)7-11(14)8-13(2,3)4/h10-11H,7-9,14H2,1-6H3. The number of nitrogens with zero attached hydrogens (tertiary/aromatic N) is 1. The zero-order valence-corrected chi connectivity index (χ0v) is 12.1. The van der Waals surface area contributed by atoms with Crippen molar-refractivity contribution in [3.8, 4) is 0 Å². The zero-order chi connectivity index (χ0) is 13.6. The molecule has 1 amide bonds. The van der Waals surface area contributed by atoms with Crippen LogP contribution in [0.25, 0.3) is 0 Å². The van der Waals surface area contributed by atoms with Gasteiger partial charge in [0, 0.05) is 33.2 Å².